The van der Waals surface area contributed by atoms with Crippen LogP contribution in [0.3, 0.4) is 0 Å². The van der Waals surface area contributed by atoms with E-state index in [2.05, 4.69) is 0 Å². The van der Waals surface area contributed by atoms with Crippen LogP contribution in [-0.4, -0.2) is 14.3 Å². The maximum Gasteiger partial charge on any atom is 0.265 e. The number of sulfonamides is 1. The Hall–Kier alpha value is -1.62. The maximum absolute atomic E-state index is 11.8. The molecular weight excluding hydrogens is 238 g/mol. The number of aryl methyl sites for hydroxylation is 2. The molecule has 1 heterocycles. The highest BCUT2D eigenvalue weighted by molar-refractivity contribution is 8.00. The van der Waals surface area contributed by atoms with Crippen LogP contribution in [0, 0.1) is 13.8 Å². The van der Waals surface area contributed by atoms with Gasteiger partial charge in [-0.2, -0.15) is 0 Å². The van der Waals surface area contributed by atoms with E-state index in [1.54, 1.807) is 12.1 Å². The fourth-order valence-corrected chi connectivity index (χ4v) is 3.24. The number of carbonyl (C=O) groups excluding carboxylic acids is 1. The van der Waals surface area contributed by atoms with Crippen molar-refractivity contribution in [1.29, 1.82) is 0 Å². The van der Waals surface area contributed by atoms with E-state index in [0.29, 0.717) is 5.56 Å². The Bertz CT molecular complexity index is 642. The highest BCUT2D eigenvalue weighted by Gasteiger charge is 2.33. The molecule has 1 amide bonds. The van der Waals surface area contributed by atoms with Gasteiger partial charge >= 0.3 is 0 Å². The summed E-state index contributed by atoms with van der Waals surface area (Å²) in [5, 5.41) is 0. The largest absolute Gasteiger partial charge is 0.269 e. The highest BCUT2D eigenvalue weighted by Crippen LogP contribution is 2.30. The minimum absolute atomic E-state index is 0.0885. The summed E-state index contributed by atoms with van der Waals surface area (Å²) in [6.07, 6.45) is 0. The molecule has 0 spiro atoms. The van der Waals surface area contributed by atoms with Gasteiger partial charge < -0.3 is 0 Å². The molecule has 5 heteroatoms. The minimum atomic E-state index is -3.69. The van der Waals surface area contributed by atoms with Crippen molar-refractivity contribution < 1.29 is 13.2 Å². The van der Waals surface area contributed by atoms with Crippen molar-refractivity contribution in [3.8, 4) is 0 Å². The van der Waals surface area contributed by atoms with Crippen LogP contribution in [0.15, 0.2) is 23.8 Å². The van der Waals surface area contributed by atoms with Crippen LogP contribution in [0.5, 0.6) is 0 Å². The number of amides is 1. The van der Waals surface area contributed by atoms with Gasteiger partial charge in [0.1, 0.15) is 4.91 Å². The summed E-state index contributed by atoms with van der Waals surface area (Å²) in [5.74, 6) is -0.543. The zero-order valence-electron chi connectivity index (χ0n) is 9.87. The van der Waals surface area contributed by atoms with E-state index in [0.717, 1.165) is 11.1 Å². The van der Waals surface area contributed by atoms with Gasteiger partial charge in [0, 0.05) is 5.57 Å². The van der Waals surface area contributed by atoms with Gasteiger partial charge in [-0.3, -0.25) is 4.79 Å². The molecule has 1 aromatic rings. The Morgan fingerprint density at radius 1 is 1.06 bits per heavy atom. The quantitative estimate of drug-likeness (QED) is 0.822. The second kappa shape index (κ2) is 3.70. The van der Waals surface area contributed by atoms with Crippen LogP contribution in [0.4, 0.5) is 0 Å². The zero-order valence-corrected chi connectivity index (χ0v) is 10.7. The highest BCUT2D eigenvalue weighted by atomic mass is 32.2. The summed E-state index contributed by atoms with van der Waals surface area (Å²) in [7, 11) is -3.69. The lowest BCUT2D eigenvalue weighted by molar-refractivity contribution is -0.115. The van der Waals surface area contributed by atoms with Crippen molar-refractivity contribution in [2.24, 2.45) is 0 Å². The van der Waals surface area contributed by atoms with Gasteiger partial charge in [0.25, 0.3) is 15.9 Å². The van der Waals surface area contributed by atoms with Crippen molar-refractivity contribution in [3.63, 3.8) is 0 Å². The van der Waals surface area contributed by atoms with Crippen LogP contribution < -0.4 is 4.72 Å². The molecule has 1 aliphatic heterocycles. The molecule has 0 saturated heterocycles. The Balaban J connectivity index is 2.68. The second-order valence-electron chi connectivity index (χ2n) is 4.19. The number of carbonyl (C=O) groups is 1. The minimum Gasteiger partial charge on any atom is -0.269 e. The number of nitrogens with one attached hydrogen (secondary N) is 1. The summed E-state index contributed by atoms with van der Waals surface area (Å²) >= 11 is 0. The average Bonchev–Trinajstić information content (AvgIpc) is 2.41. The molecule has 0 unspecified atom stereocenters. The standard InChI is InChI=1S/C12H13NO3S/c1-7-4-5-10(6-8(7)2)11-9(3)12(14)13-17(11,15)16/h4-6H,1-3H3,(H,13,14). The first kappa shape index (κ1) is 11.9. The van der Waals surface area contributed by atoms with Gasteiger partial charge in [-0.15, -0.1) is 0 Å². The first-order valence-electron chi connectivity index (χ1n) is 5.18. The lowest BCUT2D eigenvalue weighted by Gasteiger charge is -2.06. The van der Waals surface area contributed by atoms with E-state index in [-0.39, 0.29) is 10.5 Å². The molecule has 0 fully saturated rings. The van der Waals surface area contributed by atoms with Crippen molar-refractivity contribution in [2.45, 2.75) is 20.8 Å². The molecule has 0 radical (unpaired) electrons. The fraction of sp³-hybridized carbons (Fsp3) is 0.250. The molecule has 0 atom stereocenters. The van der Waals surface area contributed by atoms with Crippen molar-refractivity contribution in [1.82, 2.24) is 4.72 Å². The summed E-state index contributed by atoms with van der Waals surface area (Å²) in [6, 6.07) is 5.36. The SMILES string of the molecule is CC1=C(c2ccc(C)c(C)c2)S(=O)(=O)NC1=O. The van der Waals surface area contributed by atoms with Gasteiger partial charge in [0.05, 0.1) is 0 Å². The maximum atomic E-state index is 11.8. The third-order valence-electron chi connectivity index (χ3n) is 2.95. The van der Waals surface area contributed by atoms with E-state index in [1.807, 2.05) is 24.6 Å². The topological polar surface area (TPSA) is 63.2 Å². The Kier molecular flexibility index (Phi) is 2.58. The smallest absolute Gasteiger partial charge is 0.265 e. The molecular formula is C12H13NO3S. The van der Waals surface area contributed by atoms with Crippen molar-refractivity contribution in [3.05, 3.63) is 40.5 Å². The number of benzene rings is 1. The van der Waals surface area contributed by atoms with Crippen LogP contribution in [0.1, 0.15) is 23.6 Å². The lowest BCUT2D eigenvalue weighted by atomic mass is 10.0. The Morgan fingerprint density at radius 3 is 2.18 bits per heavy atom. The Morgan fingerprint density at radius 2 is 1.71 bits per heavy atom. The first-order chi connectivity index (χ1) is 7.83. The number of hydrogen-bond donors (Lipinski definition) is 1. The van der Waals surface area contributed by atoms with Crippen LogP contribution in [0.2, 0.25) is 0 Å². The van der Waals surface area contributed by atoms with Crippen molar-refractivity contribution in [2.75, 3.05) is 0 Å². The average molecular weight is 251 g/mol. The molecule has 1 aliphatic rings. The second-order valence-corrected chi connectivity index (χ2v) is 5.81. The lowest BCUT2D eigenvalue weighted by Crippen LogP contribution is -2.22. The molecule has 0 saturated carbocycles. The van der Waals surface area contributed by atoms with Gasteiger partial charge in [-0.25, -0.2) is 13.1 Å². The van der Waals surface area contributed by atoms with Crippen LogP contribution >= 0.6 is 0 Å². The third kappa shape index (κ3) is 1.86. The molecule has 1 aromatic carbocycles. The summed E-state index contributed by atoms with van der Waals surface area (Å²) < 4.78 is 25.6. The van der Waals surface area contributed by atoms with Crippen LogP contribution in [-0.2, 0) is 14.8 Å². The molecule has 0 aromatic heterocycles. The van der Waals surface area contributed by atoms with Gasteiger partial charge in [0.2, 0.25) is 0 Å². The van der Waals surface area contributed by atoms with E-state index in [1.165, 1.54) is 6.92 Å². The molecule has 1 N–H and O–H groups in total. The molecule has 17 heavy (non-hydrogen) atoms. The first-order valence-corrected chi connectivity index (χ1v) is 6.67. The van der Waals surface area contributed by atoms with Gasteiger partial charge in [-0.1, -0.05) is 18.2 Å². The predicted octanol–water partition coefficient (Wildman–Crippen LogP) is 1.49. The molecule has 2 rings (SSSR count). The summed E-state index contributed by atoms with van der Waals surface area (Å²) in [5.41, 5.74) is 2.89. The molecule has 4 nitrogen and oxygen atoms in total. The van der Waals surface area contributed by atoms with Gasteiger partial charge in [-0.05, 0) is 37.5 Å². The molecule has 0 aliphatic carbocycles. The Labute approximate surface area is 100 Å². The van der Waals surface area contributed by atoms with Crippen molar-refractivity contribution >= 4 is 20.8 Å². The monoisotopic (exact) mass is 251 g/mol. The van der Waals surface area contributed by atoms with E-state index >= 15 is 0 Å². The summed E-state index contributed by atoms with van der Waals surface area (Å²) in [4.78, 5) is 11.5. The predicted molar refractivity (Wildman–Crippen MR) is 65.6 cm³/mol. The van der Waals surface area contributed by atoms with Crippen LogP contribution in [0.25, 0.3) is 4.91 Å². The third-order valence-corrected chi connectivity index (χ3v) is 4.48. The number of rotatable bonds is 1. The van der Waals surface area contributed by atoms with E-state index < -0.39 is 15.9 Å². The number of hydrogen-bond acceptors (Lipinski definition) is 3. The molecule has 0 bridgehead atoms. The van der Waals surface area contributed by atoms with E-state index in [4.69, 9.17) is 0 Å². The molecule has 90 valence electrons. The van der Waals surface area contributed by atoms with Gasteiger partial charge in [0.15, 0.2) is 0 Å². The fourth-order valence-electron chi connectivity index (χ4n) is 1.81. The van der Waals surface area contributed by atoms with E-state index in [9.17, 15) is 13.2 Å². The normalized spacial score (nSPS) is 18.4. The summed E-state index contributed by atoms with van der Waals surface area (Å²) in [6.45, 7) is 5.38. The zero-order chi connectivity index (χ0) is 12.8.